The molecule has 0 bridgehead atoms. The summed E-state index contributed by atoms with van der Waals surface area (Å²) in [4.78, 5) is 15.5. The minimum absolute atomic E-state index is 0.0299. The fraction of sp³-hybridized carbons (Fsp3) is 0.500. The monoisotopic (exact) mass is 298 g/mol. The van der Waals surface area contributed by atoms with Gasteiger partial charge in [-0.2, -0.15) is 0 Å². The van der Waals surface area contributed by atoms with Crippen molar-refractivity contribution in [2.24, 2.45) is 4.40 Å². The summed E-state index contributed by atoms with van der Waals surface area (Å²) in [5.41, 5.74) is 0.529. The Balaban J connectivity index is 2.12. The van der Waals surface area contributed by atoms with E-state index in [0.717, 1.165) is 0 Å². The van der Waals surface area contributed by atoms with Crippen molar-refractivity contribution >= 4 is 21.8 Å². The number of nitrogens with zero attached hydrogens (tertiary/aromatic N) is 3. The highest BCUT2D eigenvalue weighted by atomic mass is 32.2. The summed E-state index contributed by atoms with van der Waals surface area (Å²) in [5, 5.41) is 2.98. The first-order valence-corrected chi connectivity index (χ1v) is 7.93. The molecule has 110 valence electrons. The third kappa shape index (κ3) is 3.26. The summed E-state index contributed by atoms with van der Waals surface area (Å²) < 4.78 is 26.5. The molecule has 0 fully saturated rings. The second-order valence-corrected chi connectivity index (χ2v) is 6.43. The number of amidine groups is 1. The van der Waals surface area contributed by atoms with E-state index >= 15 is 0 Å². The van der Waals surface area contributed by atoms with Crippen LogP contribution >= 0.6 is 0 Å². The third-order valence-electron chi connectivity index (χ3n) is 3.11. The first-order chi connectivity index (χ1) is 9.43. The Morgan fingerprint density at radius 3 is 2.95 bits per heavy atom. The molecule has 2 aliphatic heterocycles. The van der Waals surface area contributed by atoms with Crippen LogP contribution in [0.25, 0.3) is 0 Å². The van der Waals surface area contributed by atoms with Crippen LogP contribution < -0.4 is 5.32 Å². The number of amides is 1. The lowest BCUT2D eigenvalue weighted by Gasteiger charge is -2.28. The predicted molar refractivity (Wildman–Crippen MR) is 76.7 cm³/mol. The highest BCUT2D eigenvalue weighted by molar-refractivity contribution is 7.90. The van der Waals surface area contributed by atoms with Crippen LogP contribution in [0.3, 0.4) is 0 Å². The molecule has 0 aliphatic carbocycles. The fourth-order valence-electron chi connectivity index (χ4n) is 1.93. The lowest BCUT2D eigenvalue weighted by Crippen LogP contribution is -2.39. The van der Waals surface area contributed by atoms with Gasteiger partial charge in [-0.1, -0.05) is 0 Å². The van der Waals surface area contributed by atoms with Gasteiger partial charge >= 0.3 is 0 Å². The molecule has 7 nitrogen and oxygen atoms in total. The van der Waals surface area contributed by atoms with Gasteiger partial charge in [-0.25, -0.2) is 8.42 Å². The van der Waals surface area contributed by atoms with Crippen molar-refractivity contribution in [2.75, 3.05) is 39.5 Å². The Kier molecular flexibility index (Phi) is 4.24. The van der Waals surface area contributed by atoms with Gasteiger partial charge in [-0.15, -0.1) is 4.40 Å². The molecule has 0 atom stereocenters. The first kappa shape index (κ1) is 14.7. The molecule has 2 rings (SSSR count). The smallest absolute Gasteiger partial charge is 0.256 e. The van der Waals surface area contributed by atoms with Gasteiger partial charge in [0.2, 0.25) is 0 Å². The highest BCUT2D eigenvalue weighted by Crippen LogP contribution is 2.16. The zero-order valence-corrected chi connectivity index (χ0v) is 12.4. The molecule has 2 aliphatic rings. The normalized spacial score (nSPS) is 20.0. The van der Waals surface area contributed by atoms with Gasteiger partial charge in [0.25, 0.3) is 15.9 Å². The number of carbonyl (C=O) groups excluding carboxylic acids is 1. The van der Waals surface area contributed by atoms with E-state index in [-0.39, 0.29) is 11.7 Å². The van der Waals surface area contributed by atoms with Crippen LogP contribution in [0.4, 0.5) is 0 Å². The van der Waals surface area contributed by atoms with Crippen LogP contribution in [0, 0.1) is 0 Å². The molecule has 20 heavy (non-hydrogen) atoms. The molecule has 0 unspecified atom stereocenters. The Bertz CT molecular complexity index is 592. The van der Waals surface area contributed by atoms with Crippen LogP contribution in [-0.4, -0.2) is 69.4 Å². The molecule has 0 spiro atoms. The SMILES string of the molecule is CNCCN(C)C(=O)C1=CN2CCS(=O)(=O)N=C2C=C1. The molecule has 0 saturated heterocycles. The maximum atomic E-state index is 12.2. The molecule has 8 heteroatoms. The van der Waals surface area contributed by atoms with E-state index in [0.29, 0.717) is 31.0 Å². The first-order valence-electron chi connectivity index (χ1n) is 6.32. The predicted octanol–water partition coefficient (Wildman–Crippen LogP) is -0.838. The van der Waals surface area contributed by atoms with Crippen LogP contribution in [0.2, 0.25) is 0 Å². The molecule has 0 saturated carbocycles. The van der Waals surface area contributed by atoms with Gasteiger partial charge in [0.15, 0.2) is 0 Å². The molecule has 0 radical (unpaired) electrons. The Hall–Kier alpha value is -1.67. The van der Waals surface area contributed by atoms with Crippen molar-refractivity contribution in [3.05, 3.63) is 23.9 Å². The van der Waals surface area contributed by atoms with Gasteiger partial charge in [-0.3, -0.25) is 4.79 Å². The second-order valence-electron chi connectivity index (χ2n) is 4.68. The number of hydrogen-bond donors (Lipinski definition) is 1. The standard InChI is InChI=1S/C12H18N4O3S/c1-13-5-6-15(2)12(17)10-3-4-11-14-20(18,19)8-7-16(11)9-10/h3-4,9,13H,5-8H2,1-2H3. The maximum Gasteiger partial charge on any atom is 0.256 e. The fourth-order valence-corrected chi connectivity index (χ4v) is 2.90. The summed E-state index contributed by atoms with van der Waals surface area (Å²) >= 11 is 0. The summed E-state index contributed by atoms with van der Waals surface area (Å²) in [7, 11) is 0.206. The lowest BCUT2D eigenvalue weighted by molar-refractivity contribution is -0.125. The topological polar surface area (TPSA) is 82.1 Å². The quantitative estimate of drug-likeness (QED) is 0.732. The van der Waals surface area contributed by atoms with Crippen LogP contribution in [0.5, 0.6) is 0 Å². The zero-order valence-electron chi connectivity index (χ0n) is 11.5. The number of carbonyl (C=O) groups is 1. The van der Waals surface area contributed by atoms with Gasteiger partial charge in [0.1, 0.15) is 5.84 Å². The molecule has 1 N–H and O–H groups in total. The number of sulfonamides is 1. The van der Waals surface area contributed by atoms with Crippen molar-refractivity contribution in [1.29, 1.82) is 0 Å². The minimum Gasteiger partial charge on any atom is -0.340 e. The van der Waals surface area contributed by atoms with E-state index in [1.54, 1.807) is 35.2 Å². The minimum atomic E-state index is -3.36. The van der Waals surface area contributed by atoms with E-state index in [1.807, 2.05) is 7.05 Å². The number of likely N-dealkylation sites (N-methyl/N-ethyl adjacent to an activating group) is 2. The molecule has 2 heterocycles. The van der Waals surface area contributed by atoms with Gasteiger partial charge in [0, 0.05) is 32.9 Å². The van der Waals surface area contributed by atoms with Crippen molar-refractivity contribution in [2.45, 2.75) is 0 Å². The van der Waals surface area contributed by atoms with Gasteiger partial charge in [0.05, 0.1) is 11.3 Å². The number of hydrogen-bond acceptors (Lipinski definition) is 5. The molecular formula is C12H18N4O3S. The Morgan fingerprint density at radius 1 is 1.50 bits per heavy atom. The van der Waals surface area contributed by atoms with Gasteiger partial charge in [-0.05, 0) is 19.2 Å². The third-order valence-corrected chi connectivity index (χ3v) is 4.28. The van der Waals surface area contributed by atoms with E-state index < -0.39 is 10.0 Å². The average molecular weight is 298 g/mol. The van der Waals surface area contributed by atoms with Crippen LogP contribution in [0.15, 0.2) is 28.3 Å². The van der Waals surface area contributed by atoms with E-state index in [1.165, 1.54) is 0 Å². The maximum absolute atomic E-state index is 12.2. The number of fused-ring (bicyclic) bond motifs is 1. The largest absolute Gasteiger partial charge is 0.340 e. The molecule has 0 aromatic heterocycles. The number of nitrogens with one attached hydrogen (secondary N) is 1. The number of rotatable bonds is 4. The van der Waals surface area contributed by atoms with Crippen LogP contribution in [-0.2, 0) is 14.8 Å². The lowest BCUT2D eigenvalue weighted by atomic mass is 10.1. The van der Waals surface area contributed by atoms with Crippen molar-refractivity contribution in [1.82, 2.24) is 15.1 Å². The summed E-state index contributed by atoms with van der Waals surface area (Å²) in [6.07, 6.45) is 4.83. The Labute approximate surface area is 118 Å². The highest BCUT2D eigenvalue weighted by Gasteiger charge is 2.25. The second kappa shape index (κ2) is 5.76. The van der Waals surface area contributed by atoms with Gasteiger partial charge < -0.3 is 15.1 Å². The van der Waals surface area contributed by atoms with E-state index in [2.05, 4.69) is 9.71 Å². The summed E-state index contributed by atoms with van der Waals surface area (Å²) in [6.45, 7) is 1.65. The summed E-state index contributed by atoms with van der Waals surface area (Å²) in [5.74, 6) is 0.243. The van der Waals surface area contributed by atoms with E-state index in [4.69, 9.17) is 0 Å². The van der Waals surface area contributed by atoms with Crippen molar-refractivity contribution < 1.29 is 13.2 Å². The molecule has 1 amide bonds. The van der Waals surface area contributed by atoms with E-state index in [9.17, 15) is 13.2 Å². The molecule has 0 aromatic carbocycles. The average Bonchev–Trinajstić information content (AvgIpc) is 2.42. The molecular weight excluding hydrogens is 280 g/mol. The molecule has 0 aromatic rings. The van der Waals surface area contributed by atoms with Crippen molar-refractivity contribution in [3.63, 3.8) is 0 Å². The zero-order chi connectivity index (χ0) is 14.8. The van der Waals surface area contributed by atoms with Crippen LogP contribution in [0.1, 0.15) is 0 Å². The summed E-state index contributed by atoms with van der Waals surface area (Å²) in [6, 6.07) is 0. The Morgan fingerprint density at radius 2 is 2.25 bits per heavy atom. The van der Waals surface area contributed by atoms with Crippen molar-refractivity contribution in [3.8, 4) is 0 Å².